The molecule has 0 amide bonds. The molecule has 1 unspecified atom stereocenters. The number of esters is 1. The average molecular weight is 342 g/mol. The van der Waals surface area contributed by atoms with Crippen LogP contribution in [0.2, 0.25) is 5.02 Å². The van der Waals surface area contributed by atoms with E-state index in [1.165, 1.54) is 0 Å². The van der Waals surface area contributed by atoms with Crippen molar-refractivity contribution in [1.82, 2.24) is 0 Å². The molecule has 130 valence electrons. The van der Waals surface area contributed by atoms with E-state index < -0.39 is 12.0 Å². The second-order valence-corrected chi connectivity index (χ2v) is 7.63. The molecule has 2 atom stereocenters. The summed E-state index contributed by atoms with van der Waals surface area (Å²) in [6.45, 7) is 12.1. The number of hydrogen-bond acceptors (Lipinski definition) is 4. The van der Waals surface area contributed by atoms with Crippen molar-refractivity contribution in [1.29, 1.82) is 0 Å². The summed E-state index contributed by atoms with van der Waals surface area (Å²) in [5.74, 6) is 0.220. The lowest BCUT2D eigenvalue weighted by Crippen LogP contribution is -2.38. The van der Waals surface area contributed by atoms with E-state index in [4.69, 9.17) is 26.8 Å². The molecule has 1 aromatic carbocycles. The third-order valence-electron chi connectivity index (χ3n) is 3.58. The van der Waals surface area contributed by atoms with Gasteiger partial charge >= 0.3 is 5.97 Å². The number of nitrogens with two attached hydrogens (primary N) is 1. The number of rotatable bonds is 6. The number of ether oxygens (including phenoxy) is 2. The predicted molar refractivity (Wildman–Crippen MR) is 94.0 cm³/mol. The maximum Gasteiger partial charge on any atom is 0.323 e. The van der Waals surface area contributed by atoms with Gasteiger partial charge in [0.25, 0.3) is 0 Å². The van der Waals surface area contributed by atoms with Gasteiger partial charge < -0.3 is 15.2 Å². The zero-order chi connectivity index (χ0) is 17.8. The van der Waals surface area contributed by atoms with Gasteiger partial charge in [0.15, 0.2) is 0 Å². The number of carbonyl (C=O) groups excluding carboxylic acids is 1. The lowest BCUT2D eigenvalue weighted by molar-refractivity contribution is -0.148. The maximum absolute atomic E-state index is 11.8. The zero-order valence-corrected chi connectivity index (χ0v) is 15.6. The molecular formula is C18H28ClNO3. The van der Waals surface area contributed by atoms with Crippen LogP contribution in [-0.4, -0.2) is 24.7 Å². The molecule has 5 heteroatoms. The Kier molecular flexibility index (Phi) is 6.90. The standard InChI is InChI=1S/C18H28ClNO3/c1-11(2)16(20)17(21)22-10-12(3)23-15-9-13(18(4,5)6)7-8-14(15)19/h7-9,11-12,16H,10,20H2,1-6H3/t12-,16?/m0/s1. The van der Waals surface area contributed by atoms with Gasteiger partial charge in [-0.1, -0.05) is 52.3 Å². The highest BCUT2D eigenvalue weighted by Gasteiger charge is 2.21. The Morgan fingerprint density at radius 2 is 1.87 bits per heavy atom. The Morgan fingerprint density at radius 3 is 2.39 bits per heavy atom. The molecule has 4 nitrogen and oxygen atoms in total. The lowest BCUT2D eigenvalue weighted by atomic mass is 9.87. The summed E-state index contributed by atoms with van der Waals surface area (Å²) in [4.78, 5) is 11.8. The molecule has 2 N–H and O–H groups in total. The van der Waals surface area contributed by atoms with Crippen molar-refractivity contribution in [2.45, 2.75) is 59.1 Å². The molecule has 0 fully saturated rings. The molecule has 1 rings (SSSR count). The lowest BCUT2D eigenvalue weighted by Gasteiger charge is -2.22. The molecule has 23 heavy (non-hydrogen) atoms. The summed E-state index contributed by atoms with van der Waals surface area (Å²) < 4.78 is 11.0. The summed E-state index contributed by atoms with van der Waals surface area (Å²) in [5.41, 5.74) is 6.88. The minimum Gasteiger partial charge on any atom is -0.486 e. The van der Waals surface area contributed by atoms with E-state index in [1.54, 1.807) is 0 Å². The number of hydrogen-bond donors (Lipinski definition) is 1. The van der Waals surface area contributed by atoms with Gasteiger partial charge in [0.2, 0.25) is 0 Å². The number of halogens is 1. The number of carbonyl (C=O) groups is 1. The fraction of sp³-hybridized carbons (Fsp3) is 0.611. The van der Waals surface area contributed by atoms with Crippen LogP contribution in [0.1, 0.15) is 47.1 Å². The molecule has 0 bridgehead atoms. The minimum atomic E-state index is -0.616. The maximum atomic E-state index is 11.8. The van der Waals surface area contributed by atoms with Crippen LogP contribution in [-0.2, 0) is 14.9 Å². The number of benzene rings is 1. The average Bonchev–Trinajstić information content (AvgIpc) is 2.44. The van der Waals surface area contributed by atoms with E-state index in [0.29, 0.717) is 10.8 Å². The SMILES string of the molecule is CC(C)C(N)C(=O)OC[C@H](C)Oc1cc(C(C)(C)C)ccc1Cl. The predicted octanol–water partition coefficient (Wildman–Crippen LogP) is 3.93. The molecule has 0 aliphatic rings. The van der Waals surface area contributed by atoms with Crippen LogP contribution in [0.15, 0.2) is 18.2 Å². The summed E-state index contributed by atoms with van der Waals surface area (Å²) in [5, 5.41) is 0.537. The summed E-state index contributed by atoms with van der Waals surface area (Å²) in [6, 6.07) is 5.13. The fourth-order valence-electron chi connectivity index (χ4n) is 1.88. The molecule has 0 heterocycles. The van der Waals surface area contributed by atoms with Crippen LogP contribution in [0.5, 0.6) is 5.75 Å². The summed E-state index contributed by atoms with van der Waals surface area (Å²) in [7, 11) is 0. The fourth-order valence-corrected chi connectivity index (χ4v) is 2.04. The summed E-state index contributed by atoms with van der Waals surface area (Å²) >= 11 is 6.19. The monoisotopic (exact) mass is 341 g/mol. The molecule has 0 aliphatic heterocycles. The van der Waals surface area contributed by atoms with Crippen LogP contribution in [0.25, 0.3) is 0 Å². The van der Waals surface area contributed by atoms with Crippen LogP contribution in [0, 0.1) is 5.92 Å². The van der Waals surface area contributed by atoms with E-state index in [-0.39, 0.29) is 24.0 Å². The molecule has 1 aromatic rings. The van der Waals surface area contributed by atoms with Crippen LogP contribution < -0.4 is 10.5 Å². The molecule has 0 aliphatic carbocycles. The van der Waals surface area contributed by atoms with E-state index >= 15 is 0 Å². The Hall–Kier alpha value is -1.26. The second kappa shape index (κ2) is 8.02. The molecule has 0 radical (unpaired) electrons. The van der Waals surface area contributed by atoms with Crippen molar-refractivity contribution >= 4 is 17.6 Å². The first-order chi connectivity index (χ1) is 10.5. The summed E-state index contributed by atoms with van der Waals surface area (Å²) in [6.07, 6.45) is -0.314. The van der Waals surface area contributed by atoms with Gasteiger partial charge in [-0.3, -0.25) is 4.79 Å². The Morgan fingerprint density at radius 1 is 1.26 bits per heavy atom. The van der Waals surface area contributed by atoms with Gasteiger partial charge in [0.05, 0.1) is 5.02 Å². The van der Waals surface area contributed by atoms with Gasteiger partial charge in [-0.25, -0.2) is 0 Å². The minimum absolute atomic E-state index is 0.00242. The van der Waals surface area contributed by atoms with Crippen molar-refractivity contribution in [3.63, 3.8) is 0 Å². The van der Waals surface area contributed by atoms with Crippen LogP contribution >= 0.6 is 11.6 Å². The molecule has 0 aromatic heterocycles. The van der Waals surface area contributed by atoms with Crippen molar-refractivity contribution in [3.05, 3.63) is 28.8 Å². The highest BCUT2D eigenvalue weighted by molar-refractivity contribution is 6.32. The van der Waals surface area contributed by atoms with Gasteiger partial charge in [-0.15, -0.1) is 0 Å². The van der Waals surface area contributed by atoms with E-state index in [0.717, 1.165) is 5.56 Å². The Labute approximate surface area is 144 Å². The highest BCUT2D eigenvalue weighted by atomic mass is 35.5. The third kappa shape index (κ3) is 6.04. The van der Waals surface area contributed by atoms with Crippen molar-refractivity contribution in [3.8, 4) is 5.75 Å². The largest absolute Gasteiger partial charge is 0.486 e. The quantitative estimate of drug-likeness (QED) is 0.796. The molecule has 0 saturated carbocycles. The first-order valence-electron chi connectivity index (χ1n) is 7.91. The highest BCUT2D eigenvalue weighted by Crippen LogP contribution is 2.32. The topological polar surface area (TPSA) is 61.6 Å². The first kappa shape index (κ1) is 19.8. The van der Waals surface area contributed by atoms with Crippen molar-refractivity contribution in [2.75, 3.05) is 6.61 Å². The van der Waals surface area contributed by atoms with E-state index in [9.17, 15) is 4.79 Å². The second-order valence-electron chi connectivity index (χ2n) is 7.22. The Balaban J connectivity index is 2.67. The molecule has 0 spiro atoms. The van der Waals surface area contributed by atoms with Gasteiger partial charge in [0, 0.05) is 0 Å². The molecular weight excluding hydrogens is 314 g/mol. The molecule has 0 saturated heterocycles. The zero-order valence-electron chi connectivity index (χ0n) is 14.9. The smallest absolute Gasteiger partial charge is 0.323 e. The van der Waals surface area contributed by atoms with Gasteiger partial charge in [-0.2, -0.15) is 0 Å². The third-order valence-corrected chi connectivity index (χ3v) is 3.89. The Bertz CT molecular complexity index is 538. The normalized spacial score (nSPS) is 14.5. The van der Waals surface area contributed by atoms with E-state index in [1.807, 2.05) is 39.0 Å². The van der Waals surface area contributed by atoms with Crippen molar-refractivity contribution < 1.29 is 14.3 Å². The van der Waals surface area contributed by atoms with Crippen molar-refractivity contribution in [2.24, 2.45) is 11.7 Å². The van der Waals surface area contributed by atoms with Crippen LogP contribution in [0.4, 0.5) is 0 Å². The first-order valence-corrected chi connectivity index (χ1v) is 8.29. The van der Waals surface area contributed by atoms with Crippen LogP contribution in [0.3, 0.4) is 0 Å². The van der Waals surface area contributed by atoms with E-state index in [2.05, 4.69) is 20.8 Å². The van der Waals surface area contributed by atoms with Gasteiger partial charge in [0.1, 0.15) is 24.5 Å². The van der Waals surface area contributed by atoms with Gasteiger partial charge in [-0.05, 0) is 36.0 Å².